The largest absolute Gasteiger partial charge is 0.416 e. The van der Waals surface area contributed by atoms with Crippen LogP contribution >= 0.6 is 0 Å². The maximum Gasteiger partial charge on any atom is 0.416 e. The lowest BCUT2D eigenvalue weighted by Gasteiger charge is -2.12. The molecule has 0 aliphatic carbocycles. The van der Waals surface area contributed by atoms with Crippen molar-refractivity contribution in [3.05, 3.63) is 52.1 Å². The second kappa shape index (κ2) is 4.47. The first-order valence-electron chi connectivity index (χ1n) is 6.11. The number of benzene rings is 1. The van der Waals surface area contributed by atoms with Gasteiger partial charge in [-0.3, -0.25) is 9.89 Å². The molecule has 3 rings (SSSR count). The smallest absolute Gasteiger partial charge is 0.326 e. The average molecular weight is 293 g/mol. The van der Waals surface area contributed by atoms with Crippen LogP contribution in [0.3, 0.4) is 0 Å². The van der Waals surface area contributed by atoms with E-state index in [0.29, 0.717) is 27.7 Å². The molecule has 21 heavy (non-hydrogen) atoms. The van der Waals surface area contributed by atoms with Crippen LogP contribution in [0.25, 0.3) is 22.0 Å². The second-order valence-electron chi connectivity index (χ2n) is 4.71. The molecular weight excluding hydrogens is 283 g/mol. The fraction of sp³-hybridized carbons (Fsp3) is 0.143. The van der Waals surface area contributed by atoms with Crippen LogP contribution in [0.2, 0.25) is 0 Å². The molecular formula is C14H10F3N3O. The number of aryl methyl sites for hydroxylation is 1. The number of alkyl halides is 3. The third-order valence-corrected chi connectivity index (χ3v) is 3.29. The molecule has 7 heteroatoms. The first-order chi connectivity index (χ1) is 9.86. The minimum absolute atomic E-state index is 0.297. The van der Waals surface area contributed by atoms with Crippen LogP contribution in [0, 0.1) is 6.92 Å². The third-order valence-electron chi connectivity index (χ3n) is 3.29. The Hall–Kier alpha value is -2.57. The molecule has 0 fully saturated rings. The maximum atomic E-state index is 13.0. The van der Waals surface area contributed by atoms with E-state index in [0.717, 1.165) is 12.1 Å². The number of H-pyrrole nitrogens is 2. The summed E-state index contributed by atoms with van der Waals surface area (Å²) in [5.74, 6) is 0. The van der Waals surface area contributed by atoms with Crippen LogP contribution in [0.5, 0.6) is 0 Å². The summed E-state index contributed by atoms with van der Waals surface area (Å²) >= 11 is 0. The van der Waals surface area contributed by atoms with Crippen molar-refractivity contribution in [3.63, 3.8) is 0 Å². The lowest BCUT2D eigenvalue weighted by atomic mass is 9.98. The number of rotatable bonds is 1. The van der Waals surface area contributed by atoms with Crippen LogP contribution in [-0.2, 0) is 6.18 Å². The van der Waals surface area contributed by atoms with E-state index in [2.05, 4.69) is 15.2 Å². The van der Waals surface area contributed by atoms with Crippen molar-refractivity contribution in [2.24, 2.45) is 0 Å². The Labute approximate surface area is 116 Å². The summed E-state index contributed by atoms with van der Waals surface area (Å²) in [6.07, 6.45) is -2.99. The van der Waals surface area contributed by atoms with Crippen molar-refractivity contribution in [3.8, 4) is 11.1 Å². The number of pyridine rings is 1. The lowest BCUT2D eigenvalue weighted by Crippen LogP contribution is -2.07. The van der Waals surface area contributed by atoms with Gasteiger partial charge < -0.3 is 4.98 Å². The molecule has 0 spiro atoms. The zero-order valence-electron chi connectivity index (χ0n) is 10.9. The lowest BCUT2D eigenvalue weighted by molar-refractivity contribution is -0.137. The molecule has 4 nitrogen and oxygen atoms in total. The van der Waals surface area contributed by atoms with Gasteiger partial charge in [-0.05, 0) is 30.7 Å². The minimum Gasteiger partial charge on any atom is -0.326 e. The van der Waals surface area contributed by atoms with Gasteiger partial charge in [-0.15, -0.1) is 0 Å². The van der Waals surface area contributed by atoms with E-state index in [9.17, 15) is 18.0 Å². The first kappa shape index (κ1) is 13.4. The number of nitrogens with one attached hydrogen (secondary N) is 2. The van der Waals surface area contributed by atoms with Gasteiger partial charge in [0.1, 0.15) is 0 Å². The van der Waals surface area contributed by atoms with Gasteiger partial charge in [-0.1, -0.05) is 0 Å². The third kappa shape index (κ3) is 2.31. The van der Waals surface area contributed by atoms with Gasteiger partial charge in [0, 0.05) is 22.7 Å². The van der Waals surface area contributed by atoms with Crippen molar-refractivity contribution >= 4 is 10.9 Å². The molecule has 1 aromatic carbocycles. The summed E-state index contributed by atoms with van der Waals surface area (Å²) in [5, 5.41) is 6.91. The summed E-state index contributed by atoms with van der Waals surface area (Å²) in [4.78, 5) is 13.8. The van der Waals surface area contributed by atoms with E-state index in [1.165, 1.54) is 18.3 Å². The van der Waals surface area contributed by atoms with Crippen molar-refractivity contribution in [1.29, 1.82) is 0 Å². The average Bonchev–Trinajstić information content (AvgIpc) is 2.85. The molecule has 0 saturated carbocycles. The summed E-state index contributed by atoms with van der Waals surface area (Å²) in [7, 11) is 0. The van der Waals surface area contributed by atoms with Gasteiger partial charge in [-0.2, -0.15) is 18.3 Å². The molecule has 0 aliphatic rings. The molecule has 2 aromatic heterocycles. The molecule has 0 radical (unpaired) electrons. The fourth-order valence-corrected chi connectivity index (χ4v) is 2.31. The number of hydrogen-bond donors (Lipinski definition) is 2. The van der Waals surface area contributed by atoms with Crippen molar-refractivity contribution < 1.29 is 13.2 Å². The SMILES string of the molecule is Cc1[nH]c(=O)ccc1-c1cc(C(F)(F)F)cc2[nH]ncc12. The standard InChI is InChI=1S/C14H10F3N3O/c1-7-9(2-3-13(21)19-7)10-4-8(14(15,16)17)5-12-11(10)6-18-20-12/h2-6H,1H3,(H,18,20)(H,19,21). The van der Waals surface area contributed by atoms with Crippen LogP contribution in [0.1, 0.15) is 11.3 Å². The van der Waals surface area contributed by atoms with Gasteiger partial charge in [0.2, 0.25) is 5.56 Å². The quantitative estimate of drug-likeness (QED) is 0.723. The van der Waals surface area contributed by atoms with Crippen LogP contribution < -0.4 is 5.56 Å². The number of aromatic nitrogens is 3. The number of halogens is 3. The molecule has 3 aromatic rings. The van der Waals surface area contributed by atoms with Crippen molar-refractivity contribution in [1.82, 2.24) is 15.2 Å². The molecule has 2 heterocycles. The Morgan fingerprint density at radius 3 is 2.57 bits per heavy atom. The number of aromatic amines is 2. The van der Waals surface area contributed by atoms with E-state index in [-0.39, 0.29) is 5.56 Å². The van der Waals surface area contributed by atoms with Crippen molar-refractivity contribution in [2.75, 3.05) is 0 Å². The fourth-order valence-electron chi connectivity index (χ4n) is 2.31. The zero-order chi connectivity index (χ0) is 15.2. The number of fused-ring (bicyclic) bond motifs is 1. The van der Waals surface area contributed by atoms with Gasteiger partial charge in [0.15, 0.2) is 0 Å². The van der Waals surface area contributed by atoms with E-state index < -0.39 is 11.7 Å². The van der Waals surface area contributed by atoms with Gasteiger partial charge in [-0.25, -0.2) is 0 Å². The first-order valence-corrected chi connectivity index (χ1v) is 6.11. The van der Waals surface area contributed by atoms with E-state index in [1.54, 1.807) is 6.92 Å². The Morgan fingerprint density at radius 2 is 1.90 bits per heavy atom. The topological polar surface area (TPSA) is 61.5 Å². The zero-order valence-corrected chi connectivity index (χ0v) is 10.9. The predicted molar refractivity (Wildman–Crippen MR) is 71.9 cm³/mol. The van der Waals surface area contributed by atoms with Crippen molar-refractivity contribution in [2.45, 2.75) is 13.1 Å². The van der Waals surface area contributed by atoms with E-state index in [4.69, 9.17) is 0 Å². The highest BCUT2D eigenvalue weighted by atomic mass is 19.4. The molecule has 0 aliphatic heterocycles. The molecule has 0 bridgehead atoms. The highest BCUT2D eigenvalue weighted by Gasteiger charge is 2.32. The summed E-state index contributed by atoms with van der Waals surface area (Å²) in [5.41, 5.74) is 0.649. The Bertz CT molecular complexity index is 877. The number of nitrogens with zero attached hydrogens (tertiary/aromatic N) is 1. The monoisotopic (exact) mass is 293 g/mol. The van der Waals surface area contributed by atoms with Gasteiger partial charge >= 0.3 is 6.18 Å². The molecule has 0 amide bonds. The Balaban J connectivity index is 2.35. The Morgan fingerprint density at radius 1 is 1.14 bits per heavy atom. The molecule has 0 unspecified atom stereocenters. The number of hydrogen-bond acceptors (Lipinski definition) is 2. The summed E-state index contributed by atoms with van der Waals surface area (Å²) < 4.78 is 39.0. The molecule has 0 atom stereocenters. The highest BCUT2D eigenvalue weighted by molar-refractivity contribution is 5.95. The van der Waals surface area contributed by atoms with Gasteiger partial charge in [0.05, 0.1) is 17.3 Å². The summed E-state index contributed by atoms with van der Waals surface area (Å²) in [6.45, 7) is 1.64. The maximum absolute atomic E-state index is 13.0. The normalized spacial score (nSPS) is 12.0. The van der Waals surface area contributed by atoms with E-state index in [1.807, 2.05) is 0 Å². The van der Waals surface area contributed by atoms with Crippen LogP contribution in [0.15, 0.2) is 35.3 Å². The Kier molecular flexibility index (Phi) is 2.86. The van der Waals surface area contributed by atoms with Gasteiger partial charge in [0.25, 0.3) is 0 Å². The van der Waals surface area contributed by atoms with Crippen LogP contribution in [-0.4, -0.2) is 15.2 Å². The minimum atomic E-state index is -4.45. The second-order valence-corrected chi connectivity index (χ2v) is 4.71. The molecule has 2 N–H and O–H groups in total. The summed E-state index contributed by atoms with van der Waals surface area (Å²) in [6, 6.07) is 4.88. The highest BCUT2D eigenvalue weighted by Crippen LogP contribution is 2.36. The molecule has 108 valence electrons. The van der Waals surface area contributed by atoms with E-state index >= 15 is 0 Å². The van der Waals surface area contributed by atoms with Crippen LogP contribution in [0.4, 0.5) is 13.2 Å². The predicted octanol–water partition coefficient (Wildman–Crippen LogP) is 3.25. The molecule has 0 saturated heterocycles.